The number of nitrogens with zero attached hydrogens (tertiary/aromatic N) is 5. The van der Waals surface area contributed by atoms with Gasteiger partial charge in [0.05, 0.1) is 22.1 Å². The molecular weight excluding hydrogens is 587 g/mol. The molecule has 0 saturated heterocycles. The maximum Gasteiger partial charge on any atom is 0.238 e. The summed E-state index contributed by atoms with van der Waals surface area (Å²) in [6, 6.07) is 57.3. The third kappa shape index (κ3) is 4.08. The second-order valence-corrected chi connectivity index (χ2v) is 12.1. The third-order valence-corrected chi connectivity index (χ3v) is 9.34. The number of hydrogen-bond acceptors (Lipinski definition) is 3. The summed E-state index contributed by atoms with van der Waals surface area (Å²) in [5.41, 5.74) is 7.35. The van der Waals surface area contributed by atoms with Gasteiger partial charge in [0, 0.05) is 38.4 Å². The van der Waals surface area contributed by atoms with Gasteiger partial charge < -0.3 is 4.57 Å². The van der Waals surface area contributed by atoms with Gasteiger partial charge in [0.1, 0.15) is 0 Å². The van der Waals surface area contributed by atoms with Crippen LogP contribution in [0.15, 0.2) is 164 Å². The van der Waals surface area contributed by atoms with Crippen LogP contribution in [-0.2, 0) is 0 Å². The Balaban J connectivity index is 1.27. The molecule has 5 heteroatoms. The smallest absolute Gasteiger partial charge is 0.238 e. The van der Waals surface area contributed by atoms with Gasteiger partial charge in [-0.25, -0.2) is 4.98 Å². The molecule has 0 amide bonds. The second kappa shape index (κ2) is 10.5. The zero-order valence-corrected chi connectivity index (χ0v) is 25.8. The molecule has 7 aromatic carbocycles. The van der Waals surface area contributed by atoms with E-state index in [2.05, 4.69) is 155 Å². The Hall–Kier alpha value is -6.59. The van der Waals surface area contributed by atoms with Gasteiger partial charge >= 0.3 is 0 Å². The molecule has 0 fully saturated rings. The van der Waals surface area contributed by atoms with Gasteiger partial charge in [-0.1, -0.05) is 121 Å². The summed E-state index contributed by atoms with van der Waals surface area (Å²) in [5, 5.41) is 7.10. The zero-order valence-electron chi connectivity index (χ0n) is 25.8. The predicted molar refractivity (Wildman–Crippen MR) is 197 cm³/mol. The molecule has 3 heterocycles. The SMILES string of the molecule is c1ccc(-c2nc(-c3ccc4c5ccccc5n(-c5ccccc5)c4c3)nc(-n3c4ccccc4c4cc5ccccc5cc43)n2)cc1. The van der Waals surface area contributed by atoms with Crippen molar-refractivity contribution in [3.05, 3.63) is 164 Å². The minimum absolute atomic E-state index is 0.587. The number of benzene rings is 7. The number of hydrogen-bond donors (Lipinski definition) is 0. The fourth-order valence-electron chi connectivity index (χ4n) is 7.15. The lowest BCUT2D eigenvalue weighted by Gasteiger charge is -2.12. The molecule has 0 N–H and O–H groups in total. The molecule has 0 aliphatic carbocycles. The third-order valence-electron chi connectivity index (χ3n) is 9.34. The fourth-order valence-corrected chi connectivity index (χ4v) is 7.15. The minimum Gasteiger partial charge on any atom is -0.309 e. The summed E-state index contributed by atoms with van der Waals surface area (Å²) in [6.45, 7) is 0. The Kier molecular flexibility index (Phi) is 5.81. The van der Waals surface area contributed by atoms with Gasteiger partial charge in [-0.2, -0.15) is 9.97 Å². The van der Waals surface area contributed by atoms with E-state index in [0.29, 0.717) is 17.6 Å². The van der Waals surface area contributed by atoms with Gasteiger partial charge in [0.15, 0.2) is 11.6 Å². The number of aromatic nitrogens is 5. The van der Waals surface area contributed by atoms with Crippen LogP contribution in [0.3, 0.4) is 0 Å². The summed E-state index contributed by atoms with van der Waals surface area (Å²) in [6.07, 6.45) is 0. The largest absolute Gasteiger partial charge is 0.309 e. The first-order valence-corrected chi connectivity index (χ1v) is 16.1. The Labute approximate surface area is 276 Å². The van der Waals surface area contributed by atoms with Crippen LogP contribution in [0.2, 0.25) is 0 Å². The normalized spacial score (nSPS) is 11.8. The van der Waals surface area contributed by atoms with E-state index in [1.165, 1.54) is 26.9 Å². The van der Waals surface area contributed by atoms with E-state index < -0.39 is 0 Å². The van der Waals surface area contributed by atoms with E-state index in [1.54, 1.807) is 0 Å². The minimum atomic E-state index is 0.587. The lowest BCUT2D eigenvalue weighted by Crippen LogP contribution is -2.06. The number of rotatable bonds is 4. The Morgan fingerprint density at radius 2 is 0.875 bits per heavy atom. The molecule has 10 aromatic rings. The first-order chi connectivity index (χ1) is 23.8. The molecule has 3 aromatic heterocycles. The lowest BCUT2D eigenvalue weighted by atomic mass is 10.1. The summed E-state index contributed by atoms with van der Waals surface area (Å²) in [7, 11) is 0. The van der Waals surface area contributed by atoms with Crippen molar-refractivity contribution in [1.29, 1.82) is 0 Å². The number of fused-ring (bicyclic) bond motifs is 7. The monoisotopic (exact) mass is 613 g/mol. The summed E-state index contributed by atoms with van der Waals surface area (Å²) >= 11 is 0. The van der Waals surface area contributed by atoms with E-state index >= 15 is 0 Å². The van der Waals surface area contributed by atoms with Crippen LogP contribution in [0.25, 0.3) is 88.8 Å². The molecule has 10 rings (SSSR count). The van der Waals surface area contributed by atoms with Gasteiger partial charge in [-0.15, -0.1) is 0 Å². The van der Waals surface area contributed by atoms with Gasteiger partial charge in [-0.3, -0.25) is 4.57 Å². The average molecular weight is 614 g/mol. The highest BCUT2D eigenvalue weighted by atomic mass is 15.2. The molecule has 0 radical (unpaired) electrons. The highest BCUT2D eigenvalue weighted by molar-refractivity contribution is 6.13. The highest BCUT2D eigenvalue weighted by Crippen LogP contribution is 2.37. The maximum atomic E-state index is 5.25. The summed E-state index contributed by atoms with van der Waals surface area (Å²) < 4.78 is 4.51. The number of para-hydroxylation sites is 3. The lowest BCUT2D eigenvalue weighted by molar-refractivity contribution is 0.954. The van der Waals surface area contributed by atoms with E-state index in [1.807, 2.05) is 18.2 Å². The van der Waals surface area contributed by atoms with Crippen molar-refractivity contribution in [3.8, 4) is 34.4 Å². The zero-order chi connectivity index (χ0) is 31.6. The molecular formula is C43H27N5. The quantitative estimate of drug-likeness (QED) is 0.198. The highest BCUT2D eigenvalue weighted by Gasteiger charge is 2.19. The fraction of sp³-hybridized carbons (Fsp3) is 0. The standard InChI is InChI=1S/C43H27N5/c1-3-13-28(14-4-1)41-44-42(31-23-24-35-33-19-9-11-21-37(33)47(39(35)27-31)32-17-5-2-6-18-32)46-43(45-41)48-38-22-12-10-20-34(38)36-25-29-15-7-8-16-30(29)26-40(36)48/h1-27H. The molecule has 0 unspecified atom stereocenters. The van der Waals surface area contributed by atoms with Crippen molar-refractivity contribution in [2.45, 2.75) is 0 Å². The Morgan fingerprint density at radius 1 is 0.333 bits per heavy atom. The molecule has 5 nitrogen and oxygen atoms in total. The first-order valence-electron chi connectivity index (χ1n) is 16.1. The molecule has 0 saturated carbocycles. The Morgan fingerprint density at radius 3 is 1.62 bits per heavy atom. The average Bonchev–Trinajstić information content (AvgIpc) is 3.66. The maximum absolute atomic E-state index is 5.25. The summed E-state index contributed by atoms with van der Waals surface area (Å²) in [5.74, 6) is 1.84. The van der Waals surface area contributed by atoms with Crippen molar-refractivity contribution >= 4 is 54.4 Å². The molecule has 0 spiro atoms. The molecule has 0 atom stereocenters. The van der Waals surface area contributed by atoms with Gasteiger partial charge in [0.25, 0.3) is 0 Å². The van der Waals surface area contributed by atoms with Crippen LogP contribution >= 0.6 is 0 Å². The topological polar surface area (TPSA) is 48.5 Å². The van der Waals surface area contributed by atoms with Crippen molar-refractivity contribution in [3.63, 3.8) is 0 Å². The summed E-state index contributed by atoms with van der Waals surface area (Å²) in [4.78, 5) is 15.5. The molecule has 0 aliphatic heterocycles. The van der Waals surface area contributed by atoms with Crippen LogP contribution in [0, 0.1) is 0 Å². The van der Waals surface area contributed by atoms with Crippen LogP contribution in [-0.4, -0.2) is 24.1 Å². The van der Waals surface area contributed by atoms with E-state index in [-0.39, 0.29) is 0 Å². The van der Waals surface area contributed by atoms with Gasteiger partial charge in [0.2, 0.25) is 5.95 Å². The van der Waals surface area contributed by atoms with E-state index in [9.17, 15) is 0 Å². The first kappa shape index (κ1) is 26.6. The van der Waals surface area contributed by atoms with Crippen molar-refractivity contribution in [2.24, 2.45) is 0 Å². The molecule has 224 valence electrons. The van der Waals surface area contributed by atoms with E-state index in [4.69, 9.17) is 15.0 Å². The van der Waals surface area contributed by atoms with Crippen LogP contribution < -0.4 is 0 Å². The van der Waals surface area contributed by atoms with Crippen LogP contribution in [0.4, 0.5) is 0 Å². The van der Waals surface area contributed by atoms with Crippen molar-refractivity contribution in [1.82, 2.24) is 24.1 Å². The Bertz CT molecular complexity index is 2830. The second-order valence-electron chi connectivity index (χ2n) is 12.1. The van der Waals surface area contributed by atoms with Crippen LogP contribution in [0.1, 0.15) is 0 Å². The van der Waals surface area contributed by atoms with Gasteiger partial charge in [-0.05, 0) is 53.2 Å². The van der Waals surface area contributed by atoms with Crippen molar-refractivity contribution in [2.75, 3.05) is 0 Å². The van der Waals surface area contributed by atoms with E-state index in [0.717, 1.165) is 44.3 Å². The van der Waals surface area contributed by atoms with Crippen LogP contribution in [0.5, 0.6) is 0 Å². The molecule has 0 bridgehead atoms. The molecule has 0 aliphatic rings. The van der Waals surface area contributed by atoms with Crippen molar-refractivity contribution < 1.29 is 0 Å². The molecule has 48 heavy (non-hydrogen) atoms. The predicted octanol–water partition coefficient (Wildman–Crippen LogP) is 10.6.